The van der Waals surface area contributed by atoms with Crippen molar-refractivity contribution in [2.75, 3.05) is 0 Å². The minimum absolute atomic E-state index is 0. The van der Waals surface area contributed by atoms with Gasteiger partial charge in [-0.05, 0) is 180 Å². The van der Waals surface area contributed by atoms with E-state index in [0.29, 0.717) is 33.5 Å². The van der Waals surface area contributed by atoms with Crippen molar-refractivity contribution < 1.29 is 19.1 Å². The first-order valence-electron chi connectivity index (χ1n) is 22.2. The molecule has 4 aliphatic rings. The van der Waals surface area contributed by atoms with Crippen molar-refractivity contribution in [1.29, 1.82) is 0 Å². The van der Waals surface area contributed by atoms with Crippen LogP contribution in [0.25, 0.3) is 11.1 Å². The zero-order valence-corrected chi connectivity index (χ0v) is 35.7. The van der Waals surface area contributed by atoms with Gasteiger partial charge in [0.2, 0.25) is 0 Å². The second-order valence-corrected chi connectivity index (χ2v) is 17.6. The van der Waals surface area contributed by atoms with E-state index in [-0.39, 0.29) is 26.8 Å². The standard InChI is InChI=1S/C30H26O4.C26H32.2CH4/c1-3-21-5-9-25(10-6-21)29(31)33-27-17-13-23(14-18-27)24-15-19-28(20-16-24)34-30(32)26-11-7-22(4-2)8-12-26;1-3-19-5-9-23(10-6-19)25-14-21-13-22(15-25)17-26(16-21,18-25)24-11-7-20(4-2)8-12-24;;/h5-20H,3-4H2,1-2H3;5-12,21-22H,3-4,13-18H2,1-2H3;2*1H4. The maximum Gasteiger partial charge on any atom is 0.343 e. The first kappa shape index (κ1) is 45.8. The molecule has 62 heavy (non-hydrogen) atoms. The van der Waals surface area contributed by atoms with Crippen LogP contribution in [0.15, 0.2) is 146 Å². The maximum atomic E-state index is 12.4. The number of aryl methyl sites for hydroxylation is 4. The third-order valence-corrected chi connectivity index (χ3v) is 13.7. The number of esters is 2. The Morgan fingerprint density at radius 2 is 0.726 bits per heavy atom. The Kier molecular flexibility index (Phi) is 14.7. The van der Waals surface area contributed by atoms with E-state index in [0.717, 1.165) is 48.6 Å². The molecule has 10 rings (SSSR count). The lowest BCUT2D eigenvalue weighted by atomic mass is 9.41. The average molecular weight is 827 g/mol. The molecule has 0 aromatic heterocycles. The van der Waals surface area contributed by atoms with Crippen LogP contribution >= 0.6 is 0 Å². The minimum atomic E-state index is -0.383. The third-order valence-electron chi connectivity index (χ3n) is 13.7. The Morgan fingerprint density at radius 1 is 0.435 bits per heavy atom. The van der Waals surface area contributed by atoms with Crippen molar-refractivity contribution in [1.82, 2.24) is 0 Å². The van der Waals surface area contributed by atoms with Gasteiger partial charge < -0.3 is 9.47 Å². The molecule has 0 spiro atoms. The van der Waals surface area contributed by atoms with Crippen LogP contribution in [0.5, 0.6) is 11.5 Å². The quantitative estimate of drug-likeness (QED) is 0.0964. The Balaban J connectivity index is 0.000000206. The van der Waals surface area contributed by atoms with Gasteiger partial charge in [0.05, 0.1) is 11.1 Å². The van der Waals surface area contributed by atoms with E-state index in [1.54, 1.807) is 59.7 Å². The summed E-state index contributed by atoms with van der Waals surface area (Å²) < 4.78 is 11.0. The molecule has 0 unspecified atom stereocenters. The van der Waals surface area contributed by atoms with Crippen LogP contribution in [0.1, 0.15) is 135 Å². The average Bonchev–Trinajstić information content (AvgIpc) is 3.29. The molecule has 0 aliphatic heterocycles. The van der Waals surface area contributed by atoms with Crippen molar-refractivity contribution in [3.63, 3.8) is 0 Å². The molecule has 4 heteroatoms. The second-order valence-electron chi connectivity index (χ2n) is 17.6. The summed E-state index contributed by atoms with van der Waals surface area (Å²) in [5, 5.41) is 0. The highest BCUT2D eigenvalue weighted by Gasteiger charge is 2.58. The van der Waals surface area contributed by atoms with Crippen molar-refractivity contribution in [3.8, 4) is 22.6 Å². The highest BCUT2D eigenvalue weighted by atomic mass is 16.5. The van der Waals surface area contributed by atoms with Gasteiger partial charge in [0.15, 0.2) is 0 Å². The number of benzene rings is 6. The van der Waals surface area contributed by atoms with E-state index in [1.165, 1.54) is 60.8 Å². The largest absolute Gasteiger partial charge is 0.423 e. The number of carbonyl (C=O) groups excluding carboxylic acids is 2. The molecular formula is C58H66O4. The molecule has 4 fully saturated rings. The van der Waals surface area contributed by atoms with E-state index >= 15 is 0 Å². The predicted octanol–water partition coefficient (Wildman–Crippen LogP) is 14.8. The smallest absolute Gasteiger partial charge is 0.343 e. The highest BCUT2D eigenvalue weighted by molar-refractivity contribution is 5.91. The Bertz CT molecular complexity index is 2190. The van der Waals surface area contributed by atoms with E-state index < -0.39 is 0 Å². The van der Waals surface area contributed by atoms with Crippen LogP contribution in [-0.4, -0.2) is 11.9 Å². The molecule has 6 aromatic rings. The SMILES string of the molecule is C.C.CCc1ccc(C(=O)Oc2ccc(-c3ccc(OC(=O)c4ccc(CC)cc4)cc3)cc2)cc1.CCc1ccc(C23CC4CC(C2)CC(c2ccc(CC)cc2)(C4)C3)cc1. The van der Waals surface area contributed by atoms with Gasteiger partial charge in [-0.3, -0.25) is 0 Å². The predicted molar refractivity (Wildman–Crippen MR) is 257 cm³/mol. The van der Waals surface area contributed by atoms with Gasteiger partial charge in [-0.2, -0.15) is 0 Å². The molecule has 4 nitrogen and oxygen atoms in total. The topological polar surface area (TPSA) is 52.6 Å². The summed E-state index contributed by atoms with van der Waals surface area (Å²) in [6.07, 6.45) is 12.7. The van der Waals surface area contributed by atoms with Crippen molar-refractivity contribution in [3.05, 3.63) is 190 Å². The van der Waals surface area contributed by atoms with Gasteiger partial charge in [0.1, 0.15) is 11.5 Å². The van der Waals surface area contributed by atoms with Crippen LogP contribution in [-0.2, 0) is 36.5 Å². The molecule has 0 amide bonds. The normalized spacial score (nSPS) is 20.5. The van der Waals surface area contributed by atoms with Gasteiger partial charge in [-0.25, -0.2) is 9.59 Å². The Labute approximate surface area is 371 Å². The monoisotopic (exact) mass is 826 g/mol. The van der Waals surface area contributed by atoms with Crippen molar-refractivity contribution in [2.24, 2.45) is 11.8 Å². The molecule has 322 valence electrons. The third kappa shape index (κ3) is 9.97. The van der Waals surface area contributed by atoms with Gasteiger partial charge in [0, 0.05) is 0 Å². The van der Waals surface area contributed by atoms with Gasteiger partial charge in [-0.1, -0.05) is 140 Å². The van der Waals surface area contributed by atoms with Gasteiger partial charge in [0.25, 0.3) is 0 Å². The van der Waals surface area contributed by atoms with Crippen LogP contribution in [0.4, 0.5) is 0 Å². The van der Waals surface area contributed by atoms with Crippen LogP contribution in [0.2, 0.25) is 0 Å². The van der Waals surface area contributed by atoms with Gasteiger partial charge >= 0.3 is 11.9 Å². The maximum absolute atomic E-state index is 12.4. The second kappa shape index (κ2) is 20.0. The molecule has 0 saturated heterocycles. The molecule has 0 radical (unpaired) electrons. The summed E-state index contributed by atoms with van der Waals surface area (Å²) in [5.74, 6) is 2.07. The van der Waals surface area contributed by atoms with Crippen LogP contribution in [0, 0.1) is 11.8 Å². The molecule has 0 heterocycles. The van der Waals surface area contributed by atoms with Gasteiger partial charge in [-0.15, -0.1) is 0 Å². The fourth-order valence-electron chi connectivity index (χ4n) is 10.6. The molecule has 0 atom stereocenters. The van der Waals surface area contributed by atoms with Crippen LogP contribution < -0.4 is 9.47 Å². The lowest BCUT2D eigenvalue weighted by Gasteiger charge is -2.63. The number of hydrogen-bond acceptors (Lipinski definition) is 4. The first-order valence-corrected chi connectivity index (χ1v) is 22.2. The van der Waals surface area contributed by atoms with Crippen molar-refractivity contribution in [2.45, 2.75) is 118 Å². The summed E-state index contributed by atoms with van der Waals surface area (Å²) in [6.45, 7) is 8.66. The zero-order chi connectivity index (χ0) is 41.7. The lowest BCUT2D eigenvalue weighted by Crippen LogP contribution is -2.55. The Hall–Kier alpha value is -5.74. The zero-order valence-electron chi connectivity index (χ0n) is 35.7. The van der Waals surface area contributed by atoms with E-state index in [9.17, 15) is 9.59 Å². The van der Waals surface area contributed by atoms with Crippen molar-refractivity contribution >= 4 is 11.9 Å². The summed E-state index contributed by atoms with van der Waals surface area (Å²) >= 11 is 0. The highest BCUT2D eigenvalue weighted by Crippen LogP contribution is 2.66. The summed E-state index contributed by atoms with van der Waals surface area (Å²) in [7, 11) is 0. The number of hydrogen-bond donors (Lipinski definition) is 0. The molecule has 4 aliphatic carbocycles. The van der Waals surface area contributed by atoms with Crippen LogP contribution in [0.3, 0.4) is 0 Å². The summed E-state index contributed by atoms with van der Waals surface area (Å²) in [5.41, 5.74) is 12.4. The number of ether oxygens (including phenoxy) is 2. The fraction of sp³-hybridized carbons (Fsp3) is 0.345. The molecular weight excluding hydrogens is 761 g/mol. The number of carbonyl (C=O) groups is 2. The molecule has 4 bridgehead atoms. The summed E-state index contributed by atoms with van der Waals surface area (Å²) in [6, 6.07) is 48.9. The number of rotatable bonds is 11. The molecule has 4 saturated carbocycles. The Morgan fingerprint density at radius 3 is 1.02 bits per heavy atom. The first-order chi connectivity index (χ1) is 29.2. The summed E-state index contributed by atoms with van der Waals surface area (Å²) in [4.78, 5) is 24.7. The molecule has 6 aromatic carbocycles. The van der Waals surface area contributed by atoms with E-state index in [2.05, 4.69) is 76.2 Å². The minimum Gasteiger partial charge on any atom is -0.423 e. The fourth-order valence-corrected chi connectivity index (χ4v) is 10.6. The van der Waals surface area contributed by atoms with E-state index in [4.69, 9.17) is 9.47 Å². The molecule has 0 N–H and O–H groups in total. The van der Waals surface area contributed by atoms with E-state index in [1.807, 2.05) is 48.5 Å². The lowest BCUT2D eigenvalue weighted by molar-refractivity contribution is -0.0281.